The molecule has 272 valence electrons. The Morgan fingerprint density at radius 2 is 1.08 bits per heavy atom. The van der Waals surface area contributed by atoms with Crippen molar-refractivity contribution in [1.29, 1.82) is 0 Å². The molecule has 2 heterocycles. The second-order valence-electron chi connectivity index (χ2n) is 11.2. The summed E-state index contributed by atoms with van der Waals surface area (Å²) in [4.78, 5) is 45.7. The fourth-order valence-corrected chi connectivity index (χ4v) is 5.28. The van der Waals surface area contributed by atoms with Gasteiger partial charge >= 0.3 is 11.9 Å². The number of nitrogens with two attached hydrogens (primary N) is 1. The summed E-state index contributed by atoms with van der Waals surface area (Å²) in [6.07, 6.45) is 0.175. The normalized spacial score (nSPS) is 20.0. The van der Waals surface area contributed by atoms with Crippen LogP contribution in [0.4, 0.5) is 11.4 Å². The Kier molecular flexibility index (Phi) is 15.6. The molecule has 14 nitrogen and oxygen atoms in total. The summed E-state index contributed by atoms with van der Waals surface area (Å²) in [7, 11) is 9.15. The van der Waals surface area contributed by atoms with E-state index >= 15 is 0 Å². The van der Waals surface area contributed by atoms with Gasteiger partial charge in [0, 0.05) is 35.6 Å². The summed E-state index contributed by atoms with van der Waals surface area (Å²) < 4.78 is 40.7. The van der Waals surface area contributed by atoms with Crippen LogP contribution in [-0.4, -0.2) is 78.0 Å². The van der Waals surface area contributed by atoms with Crippen LogP contribution in [-0.2, 0) is 28.7 Å². The van der Waals surface area contributed by atoms with Gasteiger partial charge in [-0.15, -0.1) is 0 Å². The van der Waals surface area contributed by atoms with Crippen LogP contribution in [0.2, 0.25) is 0 Å². The third kappa shape index (κ3) is 9.74. The minimum atomic E-state index is -0.772. The fraction of sp³-hybridized carbons (Fsp3) is 0.529. The van der Waals surface area contributed by atoms with Crippen LogP contribution in [0.1, 0.15) is 40.5 Å². The van der Waals surface area contributed by atoms with Crippen molar-refractivity contribution in [2.75, 3.05) is 53.7 Å². The number of methoxy groups -OCH3 is 6. The van der Waals surface area contributed by atoms with Gasteiger partial charge in [0.15, 0.2) is 35.2 Å². The third-order valence-electron chi connectivity index (χ3n) is 8.30. The average molecular weight is 711 g/mol. The first-order valence-electron chi connectivity index (χ1n) is 15.5. The van der Waals surface area contributed by atoms with E-state index in [1.165, 1.54) is 21.3 Å². The Labute approximate surface area is 291 Å². The largest absolute Gasteiger partial charge is 0.493 e. The topological polar surface area (TPSA) is 180 Å². The van der Waals surface area contributed by atoms with E-state index in [0.717, 1.165) is 12.8 Å². The zero-order valence-electron chi connectivity index (χ0n) is 29.5. The van der Waals surface area contributed by atoms with Crippen LogP contribution in [0.15, 0.2) is 24.3 Å². The van der Waals surface area contributed by atoms with Gasteiger partial charge in [0.1, 0.15) is 11.8 Å². The average Bonchev–Trinajstić information content (AvgIpc) is 3.08. The van der Waals surface area contributed by atoms with Gasteiger partial charge in [-0.2, -0.15) is 0 Å². The highest BCUT2D eigenvalue weighted by molar-refractivity contribution is 6.65. The molecule has 2 fully saturated rings. The lowest BCUT2D eigenvalue weighted by Gasteiger charge is -2.37. The number of rotatable bonds is 13. The molecule has 6 atom stereocenters. The summed E-state index contributed by atoms with van der Waals surface area (Å²) in [6.45, 7) is 7.79. The third-order valence-corrected chi connectivity index (χ3v) is 8.51. The Morgan fingerprint density at radius 3 is 1.41 bits per heavy atom. The van der Waals surface area contributed by atoms with Crippen LogP contribution in [0.25, 0.3) is 0 Å². The second kappa shape index (κ2) is 18.8. The van der Waals surface area contributed by atoms with Gasteiger partial charge in [0.05, 0.1) is 42.7 Å². The van der Waals surface area contributed by atoms with Gasteiger partial charge in [-0.3, -0.25) is 19.2 Å². The van der Waals surface area contributed by atoms with Crippen molar-refractivity contribution < 1.29 is 57.1 Å². The van der Waals surface area contributed by atoms with Gasteiger partial charge in [0.25, 0.3) is 11.1 Å². The van der Waals surface area contributed by atoms with Crippen LogP contribution in [0.5, 0.6) is 34.5 Å². The predicted octanol–water partition coefficient (Wildman–Crippen LogP) is 4.87. The first kappa shape index (κ1) is 40.6. The molecule has 49 heavy (non-hydrogen) atoms. The molecule has 0 bridgehead atoms. The highest BCUT2D eigenvalue weighted by atomic mass is 35.5. The smallest absolute Gasteiger partial charge is 0.314 e. The minimum absolute atomic E-state index is 0.0851. The van der Waals surface area contributed by atoms with Crippen LogP contribution < -0.4 is 39.5 Å². The number of benzene rings is 2. The van der Waals surface area contributed by atoms with Crippen molar-refractivity contribution in [3.05, 3.63) is 24.3 Å². The van der Waals surface area contributed by atoms with E-state index in [9.17, 15) is 19.2 Å². The maximum absolute atomic E-state index is 12.4. The van der Waals surface area contributed by atoms with Gasteiger partial charge in [-0.1, -0.05) is 40.5 Å². The molecule has 0 spiro atoms. The molecule has 3 N–H and O–H groups in total. The number of carbonyl (C=O) groups is 4. The molecule has 0 saturated carbocycles. The van der Waals surface area contributed by atoms with Gasteiger partial charge in [0.2, 0.25) is 11.5 Å². The number of hydrogen-bond acceptors (Lipinski definition) is 13. The number of anilines is 2. The highest BCUT2D eigenvalue weighted by Gasteiger charge is 2.50. The van der Waals surface area contributed by atoms with Gasteiger partial charge in [-0.05, 0) is 23.4 Å². The lowest BCUT2D eigenvalue weighted by atomic mass is 9.83. The molecule has 2 aliphatic rings. The SMILES string of the molecule is CC[C@H](C)[C@@H]1C(=O)O[C@H]1C(=O)Cl.CC[C@H](C)[C@@H]1C(=O)O[C@H]1C(=O)Nc1cc(OC)c(OC)c(OC)c1.COc1cc(N)cc(OC)c1OC. The van der Waals surface area contributed by atoms with Gasteiger partial charge in [-0.25, -0.2) is 0 Å². The number of hydrogen-bond donors (Lipinski definition) is 2. The lowest BCUT2D eigenvalue weighted by molar-refractivity contribution is -0.191. The van der Waals surface area contributed by atoms with E-state index in [-0.39, 0.29) is 35.6 Å². The van der Waals surface area contributed by atoms with Gasteiger partial charge < -0.3 is 48.9 Å². The van der Waals surface area contributed by atoms with E-state index in [2.05, 4.69) is 10.1 Å². The van der Waals surface area contributed by atoms with Crippen molar-refractivity contribution in [3.8, 4) is 34.5 Å². The summed E-state index contributed by atoms with van der Waals surface area (Å²) in [5.74, 6) is 1.51. The maximum Gasteiger partial charge on any atom is 0.314 e. The Morgan fingerprint density at radius 1 is 0.714 bits per heavy atom. The molecule has 0 unspecified atom stereocenters. The fourth-order valence-electron chi connectivity index (χ4n) is 5.10. The molecule has 2 aromatic rings. The molecule has 1 amide bonds. The number of halogens is 1. The van der Waals surface area contributed by atoms with E-state index in [4.69, 9.17) is 50.5 Å². The minimum Gasteiger partial charge on any atom is -0.493 e. The molecule has 2 aliphatic heterocycles. The number of esters is 2. The number of nitrogens with one attached hydrogen (secondary N) is 1. The van der Waals surface area contributed by atoms with Crippen LogP contribution >= 0.6 is 11.6 Å². The Bertz CT molecular complexity index is 1420. The number of amides is 1. The van der Waals surface area contributed by atoms with Crippen molar-refractivity contribution in [3.63, 3.8) is 0 Å². The highest BCUT2D eigenvalue weighted by Crippen LogP contribution is 2.41. The summed E-state index contributed by atoms with van der Waals surface area (Å²) in [5, 5.41) is 2.17. The first-order chi connectivity index (χ1) is 23.3. The van der Waals surface area contributed by atoms with Crippen molar-refractivity contribution in [1.82, 2.24) is 0 Å². The van der Waals surface area contributed by atoms with Crippen LogP contribution in [0.3, 0.4) is 0 Å². The quantitative estimate of drug-likeness (QED) is 0.163. The number of cyclic esters (lactones) is 2. The first-order valence-corrected chi connectivity index (χ1v) is 15.9. The zero-order chi connectivity index (χ0) is 37.0. The molecule has 0 radical (unpaired) electrons. The molecule has 2 aromatic carbocycles. The second-order valence-corrected chi connectivity index (χ2v) is 11.6. The molecule has 4 rings (SSSR count). The molecule has 0 aromatic heterocycles. The molecule has 15 heteroatoms. The number of nitrogen functional groups attached to an aromatic ring is 1. The number of ether oxygens (including phenoxy) is 8. The number of carbonyl (C=O) groups excluding carboxylic acids is 4. The summed E-state index contributed by atoms with van der Waals surface area (Å²) >= 11 is 5.22. The van der Waals surface area contributed by atoms with Crippen molar-refractivity contribution in [2.24, 2.45) is 23.7 Å². The standard InChI is InChI=1S/C17H23NO6.C9H13NO3.C8H11ClO3/c1-6-9(2)13-15(24-17(13)20)16(19)18-10-7-11(21-3)14(23-5)12(8-10)22-4;1-11-7-4-6(10)5-8(12-2)9(7)13-3;1-3-4(2)5-6(7(9)10)12-8(5)11/h7-9,13,15H,6H2,1-5H3,(H,18,19);4-5H,10H2,1-3H3;4-6H,3H2,1-2H3/t9-,13-,15+;;4-,5-,6+/m0.0/s1. The summed E-state index contributed by atoms with van der Waals surface area (Å²) in [5.41, 5.74) is 6.67. The van der Waals surface area contributed by atoms with E-state index in [1.54, 1.807) is 45.6 Å². The molecular formula is C34H47ClN2O12. The monoisotopic (exact) mass is 710 g/mol. The zero-order valence-corrected chi connectivity index (χ0v) is 30.3. The lowest BCUT2D eigenvalue weighted by Crippen LogP contribution is -2.54. The van der Waals surface area contributed by atoms with E-state index in [1.807, 2.05) is 27.7 Å². The molecular weight excluding hydrogens is 664 g/mol. The molecule has 0 aliphatic carbocycles. The predicted molar refractivity (Wildman–Crippen MR) is 182 cm³/mol. The summed E-state index contributed by atoms with van der Waals surface area (Å²) in [6, 6.07) is 6.61. The Hall–Kier alpha value is -4.59. The van der Waals surface area contributed by atoms with Crippen LogP contribution in [0, 0.1) is 23.7 Å². The maximum atomic E-state index is 12.4. The Balaban J connectivity index is 0.000000281. The van der Waals surface area contributed by atoms with E-state index < -0.39 is 23.4 Å². The van der Waals surface area contributed by atoms with Crippen molar-refractivity contribution >= 4 is 46.1 Å². The van der Waals surface area contributed by atoms with Crippen molar-refractivity contribution in [2.45, 2.75) is 52.7 Å². The molecule has 2 saturated heterocycles. The van der Waals surface area contributed by atoms with E-state index in [0.29, 0.717) is 45.9 Å².